The quantitative estimate of drug-likeness (QED) is 0.862. The van der Waals surface area contributed by atoms with Gasteiger partial charge in [-0.25, -0.2) is 0 Å². The van der Waals surface area contributed by atoms with Crippen molar-refractivity contribution >= 4 is 18.3 Å². The molecule has 1 N–H and O–H groups in total. The predicted molar refractivity (Wildman–Crippen MR) is 99.0 cm³/mol. The van der Waals surface area contributed by atoms with Crippen molar-refractivity contribution < 1.29 is 4.79 Å². The molecule has 0 aliphatic carbocycles. The van der Waals surface area contributed by atoms with Crippen LogP contribution in [-0.4, -0.2) is 37.5 Å². The summed E-state index contributed by atoms with van der Waals surface area (Å²) in [7, 11) is 2.01. The van der Waals surface area contributed by atoms with Crippen molar-refractivity contribution in [2.24, 2.45) is 17.8 Å². The molecule has 1 aromatic rings. The normalized spacial score (nSPS) is 17.0. The van der Waals surface area contributed by atoms with Crippen LogP contribution in [0.5, 0.6) is 0 Å². The molecule has 2 rings (SSSR count). The van der Waals surface area contributed by atoms with Crippen LogP contribution in [0.25, 0.3) is 0 Å². The summed E-state index contributed by atoms with van der Waals surface area (Å²) in [5, 5.41) is 3.25. The van der Waals surface area contributed by atoms with Crippen LogP contribution < -0.4 is 5.32 Å². The highest BCUT2D eigenvalue weighted by atomic mass is 35.5. The minimum absolute atomic E-state index is 0. The van der Waals surface area contributed by atoms with Gasteiger partial charge in [-0.15, -0.1) is 12.4 Å². The number of amides is 1. The Bertz CT molecular complexity index is 456. The number of carbonyl (C=O) groups is 1. The summed E-state index contributed by atoms with van der Waals surface area (Å²) in [6, 6.07) is 10.4. The van der Waals surface area contributed by atoms with Gasteiger partial charge in [0.1, 0.15) is 0 Å². The van der Waals surface area contributed by atoms with Gasteiger partial charge < -0.3 is 10.2 Å². The SMILES string of the molecule is CNCC1CCN(C(=O)C(Cc2ccccc2)C(C)C)CC1.Cl. The minimum Gasteiger partial charge on any atom is -0.342 e. The van der Waals surface area contributed by atoms with E-state index >= 15 is 0 Å². The van der Waals surface area contributed by atoms with Crippen molar-refractivity contribution in [3.8, 4) is 0 Å². The van der Waals surface area contributed by atoms with Crippen molar-refractivity contribution in [2.75, 3.05) is 26.7 Å². The lowest BCUT2D eigenvalue weighted by Gasteiger charge is -2.35. The molecular formula is C19H31ClN2O. The predicted octanol–water partition coefficient (Wildman–Crippen LogP) is 3.38. The number of nitrogens with zero attached hydrogens (tertiary/aromatic N) is 1. The molecule has 1 aromatic carbocycles. The molecule has 1 heterocycles. The maximum atomic E-state index is 12.9. The summed E-state index contributed by atoms with van der Waals surface area (Å²) in [6.07, 6.45) is 3.11. The zero-order valence-electron chi connectivity index (χ0n) is 14.6. The van der Waals surface area contributed by atoms with Crippen LogP contribution >= 0.6 is 12.4 Å². The van der Waals surface area contributed by atoms with Gasteiger partial charge in [0, 0.05) is 19.0 Å². The molecule has 1 unspecified atom stereocenters. The van der Waals surface area contributed by atoms with Gasteiger partial charge in [0.15, 0.2) is 0 Å². The molecule has 1 aliphatic rings. The zero-order valence-corrected chi connectivity index (χ0v) is 15.4. The molecular weight excluding hydrogens is 308 g/mol. The molecule has 130 valence electrons. The highest BCUT2D eigenvalue weighted by molar-refractivity contribution is 5.85. The Hall–Kier alpha value is -1.06. The molecule has 1 amide bonds. The molecule has 1 saturated heterocycles. The molecule has 3 nitrogen and oxygen atoms in total. The van der Waals surface area contributed by atoms with Crippen LogP contribution in [0.4, 0.5) is 0 Å². The van der Waals surface area contributed by atoms with E-state index in [4.69, 9.17) is 0 Å². The lowest BCUT2D eigenvalue weighted by Crippen LogP contribution is -2.44. The third-order valence-corrected chi connectivity index (χ3v) is 4.84. The maximum absolute atomic E-state index is 12.9. The van der Waals surface area contributed by atoms with E-state index in [2.05, 4.69) is 48.3 Å². The highest BCUT2D eigenvalue weighted by Gasteiger charge is 2.29. The number of halogens is 1. The van der Waals surface area contributed by atoms with E-state index in [1.54, 1.807) is 0 Å². The summed E-state index contributed by atoms with van der Waals surface area (Å²) < 4.78 is 0. The Morgan fingerprint density at radius 1 is 1.22 bits per heavy atom. The van der Waals surface area contributed by atoms with Crippen LogP contribution in [0.1, 0.15) is 32.3 Å². The Labute approximate surface area is 147 Å². The highest BCUT2D eigenvalue weighted by Crippen LogP contribution is 2.24. The van der Waals surface area contributed by atoms with Gasteiger partial charge in [-0.1, -0.05) is 44.2 Å². The third kappa shape index (κ3) is 5.82. The van der Waals surface area contributed by atoms with E-state index in [0.717, 1.165) is 44.8 Å². The average molecular weight is 339 g/mol. The lowest BCUT2D eigenvalue weighted by atomic mass is 9.87. The monoisotopic (exact) mass is 338 g/mol. The van der Waals surface area contributed by atoms with Gasteiger partial charge in [0.2, 0.25) is 5.91 Å². The van der Waals surface area contributed by atoms with Crippen molar-refractivity contribution in [1.82, 2.24) is 10.2 Å². The Morgan fingerprint density at radius 3 is 2.35 bits per heavy atom. The standard InChI is InChI=1S/C19H30N2O.ClH/c1-15(2)18(13-16-7-5-4-6-8-16)19(22)21-11-9-17(10-12-21)14-20-3;/h4-8,15,17-18,20H,9-14H2,1-3H3;1H. The number of hydrogen-bond donors (Lipinski definition) is 1. The largest absolute Gasteiger partial charge is 0.342 e. The number of rotatable bonds is 6. The molecule has 1 atom stereocenters. The first-order valence-electron chi connectivity index (χ1n) is 8.59. The van der Waals surface area contributed by atoms with E-state index in [1.807, 2.05) is 13.1 Å². The summed E-state index contributed by atoms with van der Waals surface area (Å²) in [6.45, 7) is 7.24. The van der Waals surface area contributed by atoms with E-state index in [0.29, 0.717) is 11.8 Å². The van der Waals surface area contributed by atoms with Gasteiger partial charge >= 0.3 is 0 Å². The molecule has 4 heteroatoms. The van der Waals surface area contributed by atoms with Gasteiger partial charge in [-0.2, -0.15) is 0 Å². The van der Waals surface area contributed by atoms with Crippen molar-refractivity contribution in [2.45, 2.75) is 33.1 Å². The molecule has 23 heavy (non-hydrogen) atoms. The molecule has 0 aromatic heterocycles. The van der Waals surface area contributed by atoms with Gasteiger partial charge in [-0.05, 0) is 50.3 Å². The first kappa shape index (κ1) is 20.0. The molecule has 0 saturated carbocycles. The zero-order chi connectivity index (χ0) is 15.9. The van der Waals surface area contributed by atoms with Crippen LogP contribution in [-0.2, 0) is 11.2 Å². The number of nitrogens with one attached hydrogen (secondary N) is 1. The van der Waals surface area contributed by atoms with Crippen molar-refractivity contribution in [1.29, 1.82) is 0 Å². The lowest BCUT2D eigenvalue weighted by molar-refractivity contribution is -0.138. The topological polar surface area (TPSA) is 32.3 Å². The molecule has 1 aliphatic heterocycles. The van der Waals surface area contributed by atoms with E-state index in [1.165, 1.54) is 5.56 Å². The number of benzene rings is 1. The fourth-order valence-corrected chi connectivity index (χ4v) is 3.36. The van der Waals surface area contributed by atoms with Crippen molar-refractivity contribution in [3.05, 3.63) is 35.9 Å². The van der Waals surface area contributed by atoms with Crippen LogP contribution in [0.3, 0.4) is 0 Å². The summed E-state index contributed by atoms with van der Waals surface area (Å²) in [5.74, 6) is 1.55. The molecule has 0 spiro atoms. The average Bonchev–Trinajstić information content (AvgIpc) is 2.54. The third-order valence-electron chi connectivity index (χ3n) is 4.84. The molecule has 1 fully saturated rings. The number of likely N-dealkylation sites (tertiary alicyclic amines) is 1. The van der Waals surface area contributed by atoms with Gasteiger partial charge in [0.05, 0.1) is 0 Å². The van der Waals surface area contributed by atoms with Crippen LogP contribution in [0.15, 0.2) is 30.3 Å². The van der Waals surface area contributed by atoms with Gasteiger partial charge in [0.25, 0.3) is 0 Å². The van der Waals surface area contributed by atoms with E-state index < -0.39 is 0 Å². The van der Waals surface area contributed by atoms with E-state index in [-0.39, 0.29) is 18.3 Å². The molecule has 0 bridgehead atoms. The number of piperidine rings is 1. The Morgan fingerprint density at radius 2 is 1.83 bits per heavy atom. The second kappa shape index (κ2) is 9.94. The molecule has 0 radical (unpaired) electrons. The Balaban J connectivity index is 0.00000264. The minimum atomic E-state index is 0. The second-order valence-corrected chi connectivity index (χ2v) is 6.87. The number of carbonyl (C=O) groups excluding carboxylic acids is 1. The second-order valence-electron chi connectivity index (χ2n) is 6.87. The first-order valence-corrected chi connectivity index (χ1v) is 8.59. The summed E-state index contributed by atoms with van der Waals surface area (Å²) >= 11 is 0. The smallest absolute Gasteiger partial charge is 0.226 e. The van der Waals surface area contributed by atoms with Gasteiger partial charge in [-0.3, -0.25) is 4.79 Å². The van der Waals surface area contributed by atoms with Crippen LogP contribution in [0.2, 0.25) is 0 Å². The fraction of sp³-hybridized carbons (Fsp3) is 0.632. The Kier molecular flexibility index (Phi) is 8.64. The fourth-order valence-electron chi connectivity index (χ4n) is 3.36. The summed E-state index contributed by atoms with van der Waals surface area (Å²) in [4.78, 5) is 15.0. The summed E-state index contributed by atoms with van der Waals surface area (Å²) in [5.41, 5.74) is 1.26. The van der Waals surface area contributed by atoms with E-state index in [9.17, 15) is 4.79 Å². The first-order chi connectivity index (χ1) is 10.6. The maximum Gasteiger partial charge on any atom is 0.226 e. The van der Waals surface area contributed by atoms with Crippen LogP contribution in [0, 0.1) is 17.8 Å². The number of hydrogen-bond acceptors (Lipinski definition) is 2. The van der Waals surface area contributed by atoms with Crippen molar-refractivity contribution in [3.63, 3.8) is 0 Å².